The Kier molecular flexibility index (Phi) is 5.83. The third-order valence-corrected chi connectivity index (χ3v) is 4.48. The maximum absolute atomic E-state index is 13.7. The summed E-state index contributed by atoms with van der Waals surface area (Å²) in [5, 5.41) is 2.36. The largest absolute Gasteiger partial charge is 0.458 e. The molecule has 1 saturated carbocycles. The second-order valence-electron chi connectivity index (χ2n) is 7.54. The van der Waals surface area contributed by atoms with Crippen molar-refractivity contribution in [2.24, 2.45) is 11.3 Å². The minimum atomic E-state index is -0.599. The molecular formula is C19H26FNO4. The van der Waals surface area contributed by atoms with Gasteiger partial charge in [-0.15, -0.1) is 0 Å². The minimum Gasteiger partial charge on any atom is -0.458 e. The molecule has 0 bridgehead atoms. The molecule has 0 aromatic heterocycles. The molecule has 0 unspecified atom stereocenters. The highest BCUT2D eigenvalue weighted by Gasteiger charge is 2.51. The minimum absolute atomic E-state index is 0.0343. The number of rotatable bonds is 6. The highest BCUT2D eigenvalue weighted by molar-refractivity contribution is 5.94. The van der Waals surface area contributed by atoms with Crippen LogP contribution >= 0.6 is 0 Å². The molecule has 0 radical (unpaired) electrons. The van der Waals surface area contributed by atoms with Crippen LogP contribution in [0.4, 0.5) is 10.1 Å². The average Bonchev–Trinajstić information content (AvgIpc) is 2.51. The monoisotopic (exact) mass is 351 g/mol. The van der Waals surface area contributed by atoms with Crippen molar-refractivity contribution in [3.05, 3.63) is 29.6 Å². The number of amides is 1. The van der Waals surface area contributed by atoms with E-state index in [1.54, 1.807) is 0 Å². The molecule has 1 aliphatic rings. The van der Waals surface area contributed by atoms with Crippen molar-refractivity contribution in [2.45, 2.75) is 53.2 Å². The SMILES string of the molecule is CC(=O)Nc1cc(C(=O)O[C@H]2C[C@H](OCC(C)C)C2(C)C)ccc1F. The quantitative estimate of drug-likeness (QED) is 0.792. The molecule has 1 aromatic carbocycles. The second kappa shape index (κ2) is 7.52. The van der Waals surface area contributed by atoms with E-state index < -0.39 is 17.7 Å². The first kappa shape index (κ1) is 19.4. The molecule has 2 rings (SSSR count). The fraction of sp³-hybridized carbons (Fsp3) is 0.579. The molecule has 5 nitrogen and oxygen atoms in total. The van der Waals surface area contributed by atoms with Gasteiger partial charge in [0.1, 0.15) is 11.9 Å². The summed E-state index contributed by atoms with van der Waals surface area (Å²) < 4.78 is 25.1. The number of esters is 1. The highest BCUT2D eigenvalue weighted by Crippen LogP contribution is 2.45. The molecule has 0 spiro atoms. The topological polar surface area (TPSA) is 64.6 Å². The van der Waals surface area contributed by atoms with E-state index in [0.29, 0.717) is 18.9 Å². The van der Waals surface area contributed by atoms with E-state index in [0.717, 1.165) is 6.07 Å². The summed E-state index contributed by atoms with van der Waals surface area (Å²) in [4.78, 5) is 23.5. The Balaban J connectivity index is 2.00. The van der Waals surface area contributed by atoms with Gasteiger partial charge in [-0.25, -0.2) is 9.18 Å². The van der Waals surface area contributed by atoms with Crippen LogP contribution in [0.15, 0.2) is 18.2 Å². The maximum Gasteiger partial charge on any atom is 0.338 e. The van der Waals surface area contributed by atoms with E-state index in [1.165, 1.54) is 19.1 Å². The van der Waals surface area contributed by atoms with Gasteiger partial charge in [0.15, 0.2) is 0 Å². The zero-order valence-electron chi connectivity index (χ0n) is 15.4. The number of carbonyl (C=O) groups excluding carboxylic acids is 2. The van der Waals surface area contributed by atoms with Crippen LogP contribution in [0.3, 0.4) is 0 Å². The number of nitrogens with one attached hydrogen (secondary N) is 1. The fourth-order valence-corrected chi connectivity index (χ4v) is 2.78. The van der Waals surface area contributed by atoms with Crippen LogP contribution in [-0.2, 0) is 14.3 Å². The van der Waals surface area contributed by atoms with Gasteiger partial charge in [-0.05, 0) is 24.1 Å². The molecule has 1 aliphatic carbocycles. The zero-order chi connectivity index (χ0) is 18.8. The van der Waals surface area contributed by atoms with Crippen molar-refractivity contribution in [3.8, 4) is 0 Å². The van der Waals surface area contributed by atoms with Crippen LogP contribution in [0.2, 0.25) is 0 Å². The predicted molar refractivity (Wildman–Crippen MR) is 92.9 cm³/mol. The first-order valence-corrected chi connectivity index (χ1v) is 8.51. The van der Waals surface area contributed by atoms with Crippen LogP contribution in [0.25, 0.3) is 0 Å². The van der Waals surface area contributed by atoms with E-state index in [4.69, 9.17) is 9.47 Å². The zero-order valence-corrected chi connectivity index (χ0v) is 15.4. The Morgan fingerprint density at radius 3 is 2.56 bits per heavy atom. The Morgan fingerprint density at radius 1 is 1.32 bits per heavy atom. The molecule has 0 heterocycles. The lowest BCUT2D eigenvalue weighted by atomic mass is 9.66. The first-order valence-electron chi connectivity index (χ1n) is 8.51. The number of hydrogen-bond donors (Lipinski definition) is 1. The molecule has 0 aliphatic heterocycles. The summed E-state index contributed by atoms with van der Waals surface area (Å²) in [5.41, 5.74) is -0.106. The molecule has 1 aromatic rings. The van der Waals surface area contributed by atoms with Crippen LogP contribution < -0.4 is 5.32 Å². The lowest BCUT2D eigenvalue weighted by Crippen LogP contribution is -2.56. The van der Waals surface area contributed by atoms with Crippen molar-refractivity contribution in [1.29, 1.82) is 0 Å². The van der Waals surface area contributed by atoms with Gasteiger partial charge in [0.25, 0.3) is 0 Å². The number of halogens is 1. The Bertz CT molecular complexity index is 657. The molecule has 138 valence electrons. The summed E-state index contributed by atoms with van der Waals surface area (Å²) in [6.45, 7) is 10.1. The summed E-state index contributed by atoms with van der Waals surface area (Å²) in [6, 6.07) is 3.78. The number of benzene rings is 1. The van der Waals surface area contributed by atoms with Crippen LogP contribution in [0.1, 0.15) is 51.4 Å². The van der Waals surface area contributed by atoms with Crippen LogP contribution in [0, 0.1) is 17.2 Å². The summed E-state index contributed by atoms with van der Waals surface area (Å²) in [7, 11) is 0. The van der Waals surface area contributed by atoms with Crippen molar-refractivity contribution < 1.29 is 23.5 Å². The fourth-order valence-electron chi connectivity index (χ4n) is 2.78. The summed E-state index contributed by atoms with van der Waals surface area (Å²) in [6.07, 6.45) is 0.438. The van der Waals surface area contributed by atoms with Gasteiger partial charge in [0, 0.05) is 25.4 Å². The average molecular weight is 351 g/mol. The molecule has 1 N–H and O–H groups in total. The van der Waals surface area contributed by atoms with Gasteiger partial charge in [0.05, 0.1) is 17.4 Å². The molecule has 1 amide bonds. The van der Waals surface area contributed by atoms with Gasteiger partial charge in [-0.1, -0.05) is 27.7 Å². The number of ether oxygens (including phenoxy) is 2. The standard InChI is InChI=1S/C19H26FNO4/c1-11(2)10-24-16-9-17(19(16,4)5)25-18(23)13-6-7-14(20)15(8-13)21-12(3)22/h6-8,11,16-17H,9-10H2,1-5H3,(H,21,22)/t16-,17-/m0/s1. The van der Waals surface area contributed by atoms with E-state index in [9.17, 15) is 14.0 Å². The number of hydrogen-bond acceptors (Lipinski definition) is 4. The second-order valence-corrected chi connectivity index (χ2v) is 7.54. The smallest absolute Gasteiger partial charge is 0.338 e. The van der Waals surface area contributed by atoms with E-state index in [2.05, 4.69) is 19.2 Å². The van der Waals surface area contributed by atoms with Crippen molar-refractivity contribution in [2.75, 3.05) is 11.9 Å². The number of anilines is 1. The third-order valence-electron chi connectivity index (χ3n) is 4.48. The van der Waals surface area contributed by atoms with E-state index in [-0.39, 0.29) is 28.9 Å². The summed E-state index contributed by atoms with van der Waals surface area (Å²) >= 11 is 0. The maximum atomic E-state index is 13.7. The van der Waals surface area contributed by atoms with Crippen molar-refractivity contribution >= 4 is 17.6 Å². The lowest BCUT2D eigenvalue weighted by molar-refractivity contribution is -0.180. The molecule has 1 fully saturated rings. The van der Waals surface area contributed by atoms with Gasteiger partial charge < -0.3 is 14.8 Å². The van der Waals surface area contributed by atoms with Gasteiger partial charge in [0.2, 0.25) is 5.91 Å². The molecule has 25 heavy (non-hydrogen) atoms. The lowest BCUT2D eigenvalue weighted by Gasteiger charge is -2.50. The number of carbonyl (C=O) groups is 2. The normalized spacial score (nSPS) is 21.6. The molecule has 2 atom stereocenters. The van der Waals surface area contributed by atoms with E-state index in [1.807, 2.05) is 13.8 Å². The Morgan fingerprint density at radius 2 is 2.00 bits per heavy atom. The van der Waals surface area contributed by atoms with E-state index >= 15 is 0 Å². The van der Waals surface area contributed by atoms with Crippen LogP contribution in [0.5, 0.6) is 0 Å². The van der Waals surface area contributed by atoms with Crippen molar-refractivity contribution in [1.82, 2.24) is 0 Å². The van der Waals surface area contributed by atoms with Gasteiger partial charge >= 0.3 is 5.97 Å². The Labute approximate surface area is 147 Å². The third kappa shape index (κ3) is 4.57. The predicted octanol–water partition coefficient (Wildman–Crippen LogP) is 3.78. The summed E-state index contributed by atoms with van der Waals surface area (Å²) in [5.74, 6) is -1.09. The van der Waals surface area contributed by atoms with Crippen molar-refractivity contribution in [3.63, 3.8) is 0 Å². The molecule has 0 saturated heterocycles. The highest BCUT2D eigenvalue weighted by atomic mass is 19.1. The van der Waals surface area contributed by atoms with Gasteiger partial charge in [-0.2, -0.15) is 0 Å². The van der Waals surface area contributed by atoms with Crippen LogP contribution in [-0.4, -0.2) is 30.7 Å². The molecular weight excluding hydrogens is 325 g/mol. The molecule has 6 heteroatoms. The van der Waals surface area contributed by atoms with Gasteiger partial charge in [-0.3, -0.25) is 4.79 Å². The Hall–Kier alpha value is -1.95. The first-order chi connectivity index (χ1) is 11.6.